The van der Waals surface area contributed by atoms with Gasteiger partial charge in [0.05, 0.1) is 6.67 Å². The Kier molecular flexibility index (Phi) is 2.97. The molecule has 0 fully saturated rings. The molecule has 3 heterocycles. The number of hydrogen-bond acceptors (Lipinski definition) is 7. The fourth-order valence-corrected chi connectivity index (χ4v) is 2.50. The maximum absolute atomic E-state index is 12.2. The first-order chi connectivity index (χ1) is 10.8. The molecule has 0 bridgehead atoms. The average Bonchev–Trinajstić information content (AvgIpc) is 3.05. The molecule has 112 valence electrons. The Morgan fingerprint density at radius 2 is 2.32 bits per heavy atom. The summed E-state index contributed by atoms with van der Waals surface area (Å²) in [4.78, 5) is 12.2. The average molecular weight is 299 g/mol. The van der Waals surface area contributed by atoms with Gasteiger partial charge in [0.15, 0.2) is 5.88 Å². The lowest BCUT2D eigenvalue weighted by Crippen LogP contribution is -2.40. The maximum Gasteiger partial charge on any atom is 0.270 e. The molecule has 0 radical (unpaired) electrons. The lowest BCUT2D eigenvalue weighted by molar-refractivity contribution is 0.102. The van der Waals surface area contributed by atoms with E-state index in [0.717, 1.165) is 35.7 Å². The summed E-state index contributed by atoms with van der Waals surface area (Å²) in [6, 6.07) is 5.33. The van der Waals surface area contributed by atoms with Crippen LogP contribution in [-0.4, -0.2) is 39.7 Å². The van der Waals surface area contributed by atoms with E-state index in [1.54, 1.807) is 12.1 Å². The zero-order chi connectivity index (χ0) is 14.9. The largest absolute Gasteiger partial charge is 0.441 e. The second kappa shape index (κ2) is 5.11. The van der Waals surface area contributed by atoms with Gasteiger partial charge in [0, 0.05) is 24.1 Å². The van der Waals surface area contributed by atoms with Gasteiger partial charge in [0.2, 0.25) is 0 Å². The summed E-state index contributed by atoms with van der Waals surface area (Å²) in [6.07, 6.45) is 0.744. The van der Waals surface area contributed by atoms with E-state index in [-0.39, 0.29) is 11.9 Å². The van der Waals surface area contributed by atoms with Crippen LogP contribution in [0.15, 0.2) is 29.7 Å². The van der Waals surface area contributed by atoms with Gasteiger partial charge >= 0.3 is 0 Å². The topological polar surface area (TPSA) is 117 Å². The number of aromatic amines is 1. The van der Waals surface area contributed by atoms with Crippen LogP contribution < -0.4 is 20.7 Å². The summed E-state index contributed by atoms with van der Waals surface area (Å²) in [5, 5.41) is 22.0. The summed E-state index contributed by atoms with van der Waals surface area (Å²) in [6.45, 7) is 1.47. The van der Waals surface area contributed by atoms with Crippen LogP contribution in [0.25, 0.3) is 0 Å². The lowest BCUT2D eigenvalue weighted by Gasteiger charge is -2.28. The Hall–Kier alpha value is -2.94. The third-order valence-electron chi connectivity index (χ3n) is 3.54. The van der Waals surface area contributed by atoms with Crippen LogP contribution in [0, 0.1) is 0 Å². The number of hydrogen-bond donors (Lipinski definition) is 4. The summed E-state index contributed by atoms with van der Waals surface area (Å²) >= 11 is 0. The highest BCUT2D eigenvalue weighted by Gasteiger charge is 2.23. The standard InChI is InChI=1S/C13H13N7O2/c21-11(16-13-17-19-20-18-13)7-1-2-10-8(3-7)4-9-5-14-6-15-12(9)22-10/h1-3,14-15H,4-6H2,(H2,16,17,18,19,20,21). The van der Waals surface area contributed by atoms with Crippen molar-refractivity contribution in [1.29, 1.82) is 0 Å². The zero-order valence-electron chi connectivity index (χ0n) is 11.5. The molecule has 0 aliphatic carbocycles. The second-order valence-corrected chi connectivity index (χ2v) is 5.00. The zero-order valence-corrected chi connectivity index (χ0v) is 11.5. The van der Waals surface area contributed by atoms with Crippen LogP contribution in [0.2, 0.25) is 0 Å². The normalized spacial score (nSPS) is 16.2. The molecule has 22 heavy (non-hydrogen) atoms. The maximum atomic E-state index is 12.2. The van der Waals surface area contributed by atoms with E-state index >= 15 is 0 Å². The molecular weight excluding hydrogens is 286 g/mol. The molecule has 0 saturated heterocycles. The fourth-order valence-electron chi connectivity index (χ4n) is 2.50. The molecule has 1 aromatic carbocycles. The number of anilines is 1. The summed E-state index contributed by atoms with van der Waals surface area (Å²) in [5.41, 5.74) is 2.65. The number of tetrazole rings is 1. The predicted molar refractivity (Wildman–Crippen MR) is 75.9 cm³/mol. The molecule has 1 aromatic heterocycles. The van der Waals surface area contributed by atoms with Gasteiger partial charge in [0.1, 0.15) is 5.75 Å². The molecule has 0 spiro atoms. The molecular formula is C13H13N7O2. The van der Waals surface area contributed by atoms with Crippen molar-refractivity contribution in [2.45, 2.75) is 6.42 Å². The summed E-state index contributed by atoms with van der Waals surface area (Å²) in [5.74, 6) is 1.44. The molecule has 1 amide bonds. The van der Waals surface area contributed by atoms with E-state index in [0.29, 0.717) is 12.2 Å². The highest BCUT2D eigenvalue weighted by Crippen LogP contribution is 2.30. The van der Waals surface area contributed by atoms with Gasteiger partial charge < -0.3 is 10.1 Å². The van der Waals surface area contributed by atoms with Crippen molar-refractivity contribution in [1.82, 2.24) is 31.3 Å². The van der Waals surface area contributed by atoms with E-state index < -0.39 is 0 Å². The van der Waals surface area contributed by atoms with Crippen LogP contribution in [0.5, 0.6) is 5.75 Å². The van der Waals surface area contributed by atoms with Gasteiger partial charge in [-0.2, -0.15) is 5.21 Å². The van der Waals surface area contributed by atoms with E-state index in [1.165, 1.54) is 0 Å². The Labute approximate surface area is 125 Å². The Morgan fingerprint density at radius 3 is 3.18 bits per heavy atom. The van der Waals surface area contributed by atoms with Crippen molar-refractivity contribution in [2.75, 3.05) is 18.5 Å². The number of nitrogens with one attached hydrogen (secondary N) is 4. The molecule has 9 nitrogen and oxygen atoms in total. The van der Waals surface area contributed by atoms with Crippen molar-refractivity contribution >= 4 is 11.9 Å². The Morgan fingerprint density at radius 1 is 1.36 bits per heavy atom. The fraction of sp³-hybridized carbons (Fsp3) is 0.231. The SMILES string of the molecule is O=C(Nc1nn[nH]n1)c1ccc2c(c1)CC1=C(NCNC1)O2. The third-order valence-corrected chi connectivity index (χ3v) is 3.54. The number of amides is 1. The lowest BCUT2D eigenvalue weighted by atomic mass is 9.99. The minimum Gasteiger partial charge on any atom is -0.441 e. The van der Waals surface area contributed by atoms with E-state index in [2.05, 4.69) is 36.6 Å². The van der Waals surface area contributed by atoms with Crippen LogP contribution in [0.4, 0.5) is 5.95 Å². The monoisotopic (exact) mass is 299 g/mol. The third kappa shape index (κ3) is 2.27. The number of carbonyl (C=O) groups is 1. The molecule has 2 aliphatic rings. The van der Waals surface area contributed by atoms with Crippen molar-refractivity contribution in [2.24, 2.45) is 0 Å². The summed E-state index contributed by atoms with van der Waals surface area (Å²) in [7, 11) is 0. The molecule has 4 rings (SSSR count). The number of aromatic nitrogens is 4. The van der Waals surface area contributed by atoms with Crippen molar-refractivity contribution in [3.8, 4) is 5.75 Å². The Bertz CT molecular complexity index is 754. The van der Waals surface area contributed by atoms with Crippen LogP contribution in [0.1, 0.15) is 15.9 Å². The molecule has 4 N–H and O–H groups in total. The van der Waals surface area contributed by atoms with E-state index in [1.807, 2.05) is 6.07 Å². The quantitative estimate of drug-likeness (QED) is 0.604. The first-order valence-electron chi connectivity index (χ1n) is 6.82. The number of H-pyrrole nitrogens is 1. The molecule has 2 aliphatic heterocycles. The van der Waals surface area contributed by atoms with Gasteiger partial charge in [0.25, 0.3) is 11.9 Å². The van der Waals surface area contributed by atoms with Gasteiger partial charge in [-0.05, 0) is 29.0 Å². The highest BCUT2D eigenvalue weighted by molar-refractivity contribution is 6.03. The minimum absolute atomic E-state index is 0.143. The van der Waals surface area contributed by atoms with Crippen molar-refractivity contribution in [3.05, 3.63) is 40.8 Å². The van der Waals surface area contributed by atoms with Gasteiger partial charge in [-0.25, -0.2) is 0 Å². The number of fused-ring (bicyclic) bond motifs is 1. The Balaban J connectivity index is 1.57. The van der Waals surface area contributed by atoms with Gasteiger partial charge in [-0.1, -0.05) is 5.10 Å². The second-order valence-electron chi connectivity index (χ2n) is 5.00. The first kappa shape index (κ1) is 12.8. The predicted octanol–water partition coefficient (Wildman–Crippen LogP) is -0.251. The number of rotatable bonds is 2. The summed E-state index contributed by atoms with van der Waals surface area (Å²) < 4.78 is 5.83. The number of benzene rings is 1. The first-order valence-corrected chi connectivity index (χ1v) is 6.82. The number of ether oxygens (including phenoxy) is 1. The van der Waals surface area contributed by atoms with Gasteiger partial charge in [-0.15, -0.1) is 5.10 Å². The molecule has 9 heteroatoms. The van der Waals surface area contributed by atoms with Gasteiger partial charge in [-0.3, -0.25) is 15.4 Å². The molecule has 0 saturated carbocycles. The van der Waals surface area contributed by atoms with E-state index in [4.69, 9.17) is 4.74 Å². The molecule has 0 unspecified atom stereocenters. The number of nitrogens with zero attached hydrogens (tertiary/aromatic N) is 3. The highest BCUT2D eigenvalue weighted by atomic mass is 16.5. The smallest absolute Gasteiger partial charge is 0.270 e. The van der Waals surface area contributed by atoms with Crippen molar-refractivity contribution in [3.63, 3.8) is 0 Å². The number of carbonyl (C=O) groups excluding carboxylic acids is 1. The molecule has 2 aromatic rings. The van der Waals surface area contributed by atoms with Crippen LogP contribution in [-0.2, 0) is 6.42 Å². The van der Waals surface area contributed by atoms with Crippen LogP contribution >= 0.6 is 0 Å². The van der Waals surface area contributed by atoms with E-state index in [9.17, 15) is 4.79 Å². The van der Waals surface area contributed by atoms with Crippen molar-refractivity contribution < 1.29 is 9.53 Å². The van der Waals surface area contributed by atoms with Crippen LogP contribution in [0.3, 0.4) is 0 Å². The minimum atomic E-state index is -0.288. The molecule has 0 atom stereocenters.